The maximum atomic E-state index is 12.0. The third-order valence-electron chi connectivity index (χ3n) is 3.66. The Kier molecular flexibility index (Phi) is 6.03. The van der Waals surface area contributed by atoms with Gasteiger partial charge in [0.2, 0.25) is 0 Å². The lowest BCUT2D eigenvalue weighted by molar-refractivity contribution is -0.154. The van der Waals surface area contributed by atoms with Crippen molar-refractivity contribution in [2.45, 2.75) is 45.1 Å². The van der Waals surface area contributed by atoms with Gasteiger partial charge in [0.05, 0.1) is 10.0 Å². The van der Waals surface area contributed by atoms with E-state index in [4.69, 9.17) is 27.9 Å². The van der Waals surface area contributed by atoms with Crippen LogP contribution >= 0.6 is 23.2 Å². The summed E-state index contributed by atoms with van der Waals surface area (Å²) < 4.78 is 5.16. The molecule has 0 aromatic carbocycles. The van der Waals surface area contributed by atoms with Crippen molar-refractivity contribution in [2.75, 3.05) is 5.32 Å². The van der Waals surface area contributed by atoms with Gasteiger partial charge in [-0.3, -0.25) is 9.59 Å². The van der Waals surface area contributed by atoms with Gasteiger partial charge in [0.15, 0.2) is 11.9 Å². The van der Waals surface area contributed by atoms with E-state index in [2.05, 4.69) is 10.3 Å². The monoisotopic (exact) mass is 344 g/mol. The molecule has 0 spiro atoms. The Hall–Kier alpha value is -1.33. The zero-order valence-electron chi connectivity index (χ0n) is 12.3. The number of anilines is 1. The van der Waals surface area contributed by atoms with Gasteiger partial charge >= 0.3 is 5.97 Å². The normalized spacial score (nSPS) is 16.3. The van der Waals surface area contributed by atoms with E-state index >= 15 is 0 Å². The molecule has 5 nitrogen and oxygen atoms in total. The zero-order valence-corrected chi connectivity index (χ0v) is 13.8. The number of hydrogen-bond acceptors (Lipinski definition) is 4. The van der Waals surface area contributed by atoms with Crippen LogP contribution in [0.25, 0.3) is 0 Å². The van der Waals surface area contributed by atoms with E-state index in [-0.39, 0.29) is 16.8 Å². The largest absolute Gasteiger partial charge is 0.453 e. The number of carbonyl (C=O) groups is 2. The molecule has 7 heteroatoms. The first-order chi connectivity index (χ1) is 10.5. The van der Waals surface area contributed by atoms with Gasteiger partial charge in [-0.15, -0.1) is 0 Å². The SMILES string of the molecule is C[C@H](OC(=O)CC1CCCC1)C(=O)Nc1ncc(Cl)cc1Cl. The van der Waals surface area contributed by atoms with E-state index in [0.717, 1.165) is 25.7 Å². The average molecular weight is 345 g/mol. The smallest absolute Gasteiger partial charge is 0.306 e. The van der Waals surface area contributed by atoms with Gasteiger partial charge < -0.3 is 10.1 Å². The third kappa shape index (κ3) is 4.85. The lowest BCUT2D eigenvalue weighted by atomic mass is 10.0. The molecule has 2 rings (SSSR count). The van der Waals surface area contributed by atoms with Crippen LogP contribution in [-0.4, -0.2) is 23.0 Å². The Balaban J connectivity index is 1.84. The molecule has 22 heavy (non-hydrogen) atoms. The van der Waals surface area contributed by atoms with Crippen LogP contribution in [0, 0.1) is 5.92 Å². The number of carbonyl (C=O) groups excluding carboxylic acids is 2. The first-order valence-electron chi connectivity index (χ1n) is 7.27. The fourth-order valence-electron chi connectivity index (χ4n) is 2.47. The highest BCUT2D eigenvalue weighted by Crippen LogP contribution is 2.28. The number of hydrogen-bond donors (Lipinski definition) is 1. The molecule has 1 aliphatic carbocycles. The number of rotatable bonds is 5. The van der Waals surface area contributed by atoms with Crippen LogP contribution in [-0.2, 0) is 14.3 Å². The molecule has 1 saturated carbocycles. The second-order valence-corrected chi connectivity index (χ2v) is 6.30. The van der Waals surface area contributed by atoms with E-state index in [1.54, 1.807) is 0 Å². The van der Waals surface area contributed by atoms with Crippen molar-refractivity contribution in [3.8, 4) is 0 Å². The van der Waals surface area contributed by atoms with Crippen molar-refractivity contribution >= 4 is 40.9 Å². The number of pyridine rings is 1. The first kappa shape index (κ1) is 17.0. The second kappa shape index (κ2) is 7.79. The molecular weight excluding hydrogens is 327 g/mol. The highest BCUT2D eigenvalue weighted by Gasteiger charge is 2.23. The molecule has 1 aromatic heterocycles. The van der Waals surface area contributed by atoms with Gasteiger partial charge in [0.25, 0.3) is 5.91 Å². The molecule has 0 saturated heterocycles. The molecule has 1 atom stereocenters. The van der Waals surface area contributed by atoms with Crippen LogP contribution < -0.4 is 5.32 Å². The summed E-state index contributed by atoms with van der Waals surface area (Å²) in [5, 5.41) is 3.12. The minimum absolute atomic E-state index is 0.190. The van der Waals surface area contributed by atoms with Crippen LogP contribution in [0.4, 0.5) is 5.82 Å². The molecule has 1 aliphatic rings. The van der Waals surface area contributed by atoms with Crippen LogP contribution in [0.1, 0.15) is 39.0 Å². The van der Waals surface area contributed by atoms with Crippen molar-refractivity contribution in [2.24, 2.45) is 5.92 Å². The van der Waals surface area contributed by atoms with Gasteiger partial charge in [-0.25, -0.2) is 4.98 Å². The summed E-state index contributed by atoms with van der Waals surface area (Å²) in [6, 6.07) is 1.47. The van der Waals surface area contributed by atoms with E-state index in [1.165, 1.54) is 19.2 Å². The summed E-state index contributed by atoms with van der Waals surface area (Å²) in [6.07, 6.45) is 5.28. The number of ether oxygens (including phenoxy) is 1. The Bertz CT molecular complexity index is 560. The van der Waals surface area contributed by atoms with Crippen LogP contribution in [0.5, 0.6) is 0 Å². The summed E-state index contributed by atoms with van der Waals surface area (Å²) in [5.74, 6) is -0.244. The van der Waals surface area contributed by atoms with Crippen molar-refractivity contribution < 1.29 is 14.3 Å². The summed E-state index contributed by atoms with van der Waals surface area (Å²) in [6.45, 7) is 1.52. The molecule has 1 aromatic rings. The van der Waals surface area contributed by atoms with Gasteiger partial charge in [0.1, 0.15) is 0 Å². The number of nitrogens with zero attached hydrogens (tertiary/aromatic N) is 1. The highest BCUT2D eigenvalue weighted by molar-refractivity contribution is 6.36. The van der Waals surface area contributed by atoms with Crippen LogP contribution in [0.15, 0.2) is 12.3 Å². The number of esters is 1. The Morgan fingerprint density at radius 1 is 1.41 bits per heavy atom. The molecule has 120 valence electrons. The van der Waals surface area contributed by atoms with Gasteiger partial charge in [-0.2, -0.15) is 0 Å². The number of aromatic nitrogens is 1. The molecule has 0 unspecified atom stereocenters. The molecule has 0 bridgehead atoms. The molecule has 1 fully saturated rings. The number of amides is 1. The fourth-order valence-corrected chi connectivity index (χ4v) is 2.90. The molecule has 0 radical (unpaired) electrons. The van der Waals surface area contributed by atoms with Gasteiger partial charge in [-0.05, 0) is 31.7 Å². The van der Waals surface area contributed by atoms with Crippen molar-refractivity contribution in [1.29, 1.82) is 0 Å². The topological polar surface area (TPSA) is 68.3 Å². The molecule has 1 heterocycles. The molecule has 1 amide bonds. The van der Waals surface area contributed by atoms with E-state index in [0.29, 0.717) is 17.4 Å². The highest BCUT2D eigenvalue weighted by atomic mass is 35.5. The predicted octanol–water partition coefficient (Wildman–Crippen LogP) is 3.84. The summed E-state index contributed by atoms with van der Waals surface area (Å²) >= 11 is 11.7. The maximum absolute atomic E-state index is 12.0. The summed E-state index contributed by atoms with van der Waals surface area (Å²) in [5.41, 5.74) is 0. The fraction of sp³-hybridized carbons (Fsp3) is 0.533. The van der Waals surface area contributed by atoms with E-state index in [9.17, 15) is 9.59 Å². The summed E-state index contributed by atoms with van der Waals surface area (Å²) in [7, 11) is 0. The quantitative estimate of drug-likeness (QED) is 0.824. The Morgan fingerprint density at radius 2 is 2.09 bits per heavy atom. The van der Waals surface area contributed by atoms with Gasteiger partial charge in [0, 0.05) is 12.6 Å². The van der Waals surface area contributed by atoms with E-state index in [1.807, 2.05) is 0 Å². The zero-order chi connectivity index (χ0) is 16.1. The minimum atomic E-state index is -0.901. The van der Waals surface area contributed by atoms with Crippen molar-refractivity contribution in [3.05, 3.63) is 22.3 Å². The van der Waals surface area contributed by atoms with Crippen LogP contribution in [0.3, 0.4) is 0 Å². The standard InChI is InChI=1S/C15H18Cl2N2O3/c1-9(22-13(20)6-10-4-2-3-5-10)15(21)19-14-12(17)7-11(16)8-18-14/h7-10H,2-6H2,1H3,(H,18,19,21)/t9-/m0/s1. The lowest BCUT2D eigenvalue weighted by Gasteiger charge is -2.15. The second-order valence-electron chi connectivity index (χ2n) is 5.46. The maximum Gasteiger partial charge on any atom is 0.306 e. The first-order valence-corrected chi connectivity index (χ1v) is 8.02. The van der Waals surface area contributed by atoms with Crippen molar-refractivity contribution in [1.82, 2.24) is 4.98 Å². The Morgan fingerprint density at radius 3 is 2.73 bits per heavy atom. The van der Waals surface area contributed by atoms with Crippen molar-refractivity contribution in [3.63, 3.8) is 0 Å². The summed E-state index contributed by atoms with van der Waals surface area (Å²) in [4.78, 5) is 27.7. The van der Waals surface area contributed by atoms with E-state index < -0.39 is 12.0 Å². The predicted molar refractivity (Wildman–Crippen MR) is 85.0 cm³/mol. The molecular formula is C15H18Cl2N2O3. The molecule has 0 aliphatic heterocycles. The van der Waals surface area contributed by atoms with Gasteiger partial charge in [-0.1, -0.05) is 36.0 Å². The number of nitrogens with one attached hydrogen (secondary N) is 1. The molecule has 1 N–H and O–H groups in total. The minimum Gasteiger partial charge on any atom is -0.453 e. The average Bonchev–Trinajstić information content (AvgIpc) is 2.94. The lowest BCUT2D eigenvalue weighted by Crippen LogP contribution is -2.30. The third-order valence-corrected chi connectivity index (χ3v) is 4.15. The Labute approximate surface area is 139 Å². The number of halogens is 2. The van der Waals surface area contributed by atoms with Crippen LogP contribution in [0.2, 0.25) is 10.0 Å².